The van der Waals surface area contributed by atoms with Gasteiger partial charge in [0.2, 0.25) is 0 Å². The van der Waals surface area contributed by atoms with Crippen LogP contribution in [0.4, 0.5) is 4.79 Å². The molecule has 1 aliphatic carbocycles. The van der Waals surface area contributed by atoms with Gasteiger partial charge in [0.15, 0.2) is 0 Å². The molecule has 16 heavy (non-hydrogen) atoms. The largest absolute Gasteiger partial charge is 0.480 e. The van der Waals surface area contributed by atoms with Crippen molar-refractivity contribution in [1.29, 1.82) is 0 Å². The van der Waals surface area contributed by atoms with E-state index >= 15 is 0 Å². The highest BCUT2D eigenvalue weighted by Gasteiger charge is 2.48. The van der Waals surface area contributed by atoms with Gasteiger partial charge >= 0.3 is 12.0 Å². The molecule has 1 saturated carbocycles. The molecule has 1 atom stereocenters. The average Bonchev–Trinajstić information content (AvgIpc) is 2.97. The van der Waals surface area contributed by atoms with Crippen molar-refractivity contribution in [2.45, 2.75) is 32.2 Å². The summed E-state index contributed by atoms with van der Waals surface area (Å²) in [5.41, 5.74) is -0.335. The third kappa shape index (κ3) is 2.98. The normalized spacial score (nSPS) is 18.4. The highest BCUT2D eigenvalue weighted by molar-refractivity contribution is 5.86. The van der Waals surface area contributed by atoms with Crippen LogP contribution in [0.1, 0.15) is 26.7 Å². The molecule has 0 bridgehead atoms. The molecule has 1 aliphatic rings. The predicted molar refractivity (Wildman–Crippen MR) is 60.1 cm³/mol. The number of carboxylic acid groups (broad SMARTS) is 1. The molecule has 0 aromatic rings. The molecule has 0 heterocycles. The number of carboxylic acids is 1. The summed E-state index contributed by atoms with van der Waals surface area (Å²) in [7, 11) is 0. The standard InChI is InChI=1S/C11H18N2O3/c1-7(2)6-12-10(16)13-11(3,9(14)15)8-4-5-8/h8H,1,4-6H2,2-3H3,(H,14,15)(H2,12,13,16). The molecule has 90 valence electrons. The second kappa shape index (κ2) is 4.55. The van der Waals surface area contributed by atoms with Crippen LogP contribution in [0.15, 0.2) is 12.2 Å². The minimum atomic E-state index is -1.15. The zero-order valence-electron chi connectivity index (χ0n) is 9.67. The van der Waals surface area contributed by atoms with Crippen LogP contribution in [-0.2, 0) is 4.79 Å². The average molecular weight is 226 g/mol. The van der Waals surface area contributed by atoms with E-state index in [1.807, 2.05) is 0 Å². The number of carbonyl (C=O) groups is 2. The molecule has 5 heteroatoms. The second-order valence-electron chi connectivity index (χ2n) is 4.55. The Balaban J connectivity index is 2.52. The second-order valence-corrected chi connectivity index (χ2v) is 4.55. The number of carbonyl (C=O) groups excluding carboxylic acids is 1. The van der Waals surface area contributed by atoms with Crippen LogP contribution in [0.3, 0.4) is 0 Å². The molecule has 1 rings (SSSR count). The highest BCUT2D eigenvalue weighted by Crippen LogP contribution is 2.39. The molecule has 1 fully saturated rings. The molecule has 2 amide bonds. The van der Waals surface area contributed by atoms with Crippen molar-refractivity contribution in [3.63, 3.8) is 0 Å². The van der Waals surface area contributed by atoms with Gasteiger partial charge in [-0.25, -0.2) is 9.59 Å². The van der Waals surface area contributed by atoms with E-state index in [1.165, 1.54) is 0 Å². The van der Waals surface area contributed by atoms with Crippen molar-refractivity contribution < 1.29 is 14.7 Å². The molecule has 0 aliphatic heterocycles. The number of amides is 2. The summed E-state index contributed by atoms with van der Waals surface area (Å²) in [5.74, 6) is -0.943. The van der Waals surface area contributed by atoms with Gasteiger partial charge in [0, 0.05) is 6.54 Å². The Morgan fingerprint density at radius 3 is 2.44 bits per heavy atom. The molecule has 3 N–H and O–H groups in total. The monoisotopic (exact) mass is 226 g/mol. The SMILES string of the molecule is C=C(C)CNC(=O)NC(C)(C(=O)O)C1CC1. The number of nitrogens with one attached hydrogen (secondary N) is 2. The summed E-state index contributed by atoms with van der Waals surface area (Å²) >= 11 is 0. The van der Waals surface area contributed by atoms with Crippen LogP contribution in [0.5, 0.6) is 0 Å². The van der Waals surface area contributed by atoms with Gasteiger partial charge in [0.25, 0.3) is 0 Å². The third-order valence-corrected chi connectivity index (χ3v) is 2.76. The van der Waals surface area contributed by atoms with Crippen molar-refractivity contribution >= 4 is 12.0 Å². The molecule has 1 unspecified atom stereocenters. The number of rotatable bonds is 5. The van der Waals surface area contributed by atoms with Gasteiger partial charge in [0.1, 0.15) is 5.54 Å². The summed E-state index contributed by atoms with van der Waals surface area (Å²) in [6, 6.07) is -0.459. The Bertz CT molecular complexity index is 323. The predicted octanol–water partition coefficient (Wildman–Crippen LogP) is 1.11. The Morgan fingerprint density at radius 1 is 1.50 bits per heavy atom. The number of aliphatic carboxylic acids is 1. The van der Waals surface area contributed by atoms with Gasteiger partial charge in [-0.1, -0.05) is 12.2 Å². The van der Waals surface area contributed by atoms with E-state index in [4.69, 9.17) is 5.11 Å². The lowest BCUT2D eigenvalue weighted by atomic mass is 9.96. The summed E-state index contributed by atoms with van der Waals surface area (Å²) in [4.78, 5) is 22.6. The van der Waals surface area contributed by atoms with Gasteiger partial charge in [-0.15, -0.1) is 0 Å². The maximum atomic E-state index is 11.5. The van der Waals surface area contributed by atoms with Crippen LogP contribution >= 0.6 is 0 Å². The quantitative estimate of drug-likeness (QED) is 0.614. The van der Waals surface area contributed by atoms with E-state index in [9.17, 15) is 9.59 Å². The van der Waals surface area contributed by atoms with Gasteiger partial charge in [-0.3, -0.25) is 0 Å². The Kier molecular flexibility index (Phi) is 3.57. The smallest absolute Gasteiger partial charge is 0.329 e. The highest BCUT2D eigenvalue weighted by atomic mass is 16.4. The van der Waals surface area contributed by atoms with Crippen LogP contribution in [0.2, 0.25) is 0 Å². The maximum Gasteiger partial charge on any atom is 0.329 e. The van der Waals surface area contributed by atoms with E-state index in [0.29, 0.717) is 6.54 Å². The molecule has 0 aromatic carbocycles. The van der Waals surface area contributed by atoms with E-state index in [0.717, 1.165) is 18.4 Å². The first-order chi connectivity index (χ1) is 7.36. The molecular formula is C11H18N2O3. The van der Waals surface area contributed by atoms with E-state index in [1.54, 1.807) is 13.8 Å². The molecule has 0 spiro atoms. The van der Waals surface area contributed by atoms with Crippen molar-refractivity contribution in [3.05, 3.63) is 12.2 Å². The van der Waals surface area contributed by atoms with Crippen LogP contribution < -0.4 is 10.6 Å². The zero-order valence-corrected chi connectivity index (χ0v) is 9.67. The Hall–Kier alpha value is -1.52. The lowest BCUT2D eigenvalue weighted by Gasteiger charge is -2.26. The molecule has 0 aromatic heterocycles. The van der Waals surface area contributed by atoms with Gasteiger partial charge < -0.3 is 15.7 Å². The third-order valence-electron chi connectivity index (χ3n) is 2.76. The van der Waals surface area contributed by atoms with E-state index < -0.39 is 17.5 Å². The van der Waals surface area contributed by atoms with Crippen LogP contribution in [0.25, 0.3) is 0 Å². The van der Waals surface area contributed by atoms with Crippen LogP contribution in [0, 0.1) is 5.92 Å². The zero-order chi connectivity index (χ0) is 12.3. The van der Waals surface area contributed by atoms with Crippen molar-refractivity contribution in [1.82, 2.24) is 10.6 Å². The summed E-state index contributed by atoms with van der Waals surface area (Å²) < 4.78 is 0. The first-order valence-corrected chi connectivity index (χ1v) is 5.30. The molecule has 5 nitrogen and oxygen atoms in total. The maximum absolute atomic E-state index is 11.5. The fourth-order valence-electron chi connectivity index (χ4n) is 1.50. The summed E-state index contributed by atoms with van der Waals surface area (Å²) in [6.45, 7) is 7.34. The lowest BCUT2D eigenvalue weighted by Crippen LogP contribution is -2.56. The summed E-state index contributed by atoms with van der Waals surface area (Å²) in [5, 5.41) is 14.2. The van der Waals surface area contributed by atoms with Gasteiger partial charge in [-0.05, 0) is 32.6 Å². The van der Waals surface area contributed by atoms with E-state index in [2.05, 4.69) is 17.2 Å². The molecular weight excluding hydrogens is 208 g/mol. The molecule has 0 saturated heterocycles. The lowest BCUT2D eigenvalue weighted by molar-refractivity contribution is -0.144. The van der Waals surface area contributed by atoms with Crippen molar-refractivity contribution in [2.24, 2.45) is 5.92 Å². The van der Waals surface area contributed by atoms with Crippen LogP contribution in [-0.4, -0.2) is 29.2 Å². The Morgan fingerprint density at radius 2 is 2.06 bits per heavy atom. The first-order valence-electron chi connectivity index (χ1n) is 5.30. The first kappa shape index (κ1) is 12.5. The van der Waals surface area contributed by atoms with Gasteiger partial charge in [-0.2, -0.15) is 0 Å². The molecule has 0 radical (unpaired) electrons. The van der Waals surface area contributed by atoms with E-state index in [-0.39, 0.29) is 5.92 Å². The number of hydrogen-bond acceptors (Lipinski definition) is 2. The van der Waals surface area contributed by atoms with Crippen molar-refractivity contribution in [2.75, 3.05) is 6.54 Å². The fourth-order valence-corrected chi connectivity index (χ4v) is 1.50. The number of urea groups is 1. The summed E-state index contributed by atoms with van der Waals surface area (Å²) in [6.07, 6.45) is 1.70. The fraction of sp³-hybridized carbons (Fsp3) is 0.636. The van der Waals surface area contributed by atoms with Crippen molar-refractivity contribution in [3.8, 4) is 0 Å². The minimum absolute atomic E-state index is 0.0422. The number of hydrogen-bond donors (Lipinski definition) is 3. The topological polar surface area (TPSA) is 78.4 Å². The minimum Gasteiger partial charge on any atom is -0.480 e. The van der Waals surface area contributed by atoms with Gasteiger partial charge in [0.05, 0.1) is 0 Å². The Labute approximate surface area is 94.9 Å².